The van der Waals surface area contributed by atoms with E-state index >= 15 is 0 Å². The fourth-order valence-electron chi connectivity index (χ4n) is 5.16. The lowest BCUT2D eigenvalue weighted by atomic mass is 10.1. The summed E-state index contributed by atoms with van der Waals surface area (Å²) in [5.41, 5.74) is 7.00. The third-order valence-corrected chi connectivity index (χ3v) is 8.63. The van der Waals surface area contributed by atoms with E-state index in [1.54, 1.807) is 24.2 Å². The molecule has 11 heteroatoms. The predicted octanol–water partition coefficient (Wildman–Crippen LogP) is 7.26. The lowest BCUT2D eigenvalue weighted by Gasteiger charge is -2.20. The highest BCUT2D eigenvalue weighted by Crippen LogP contribution is 2.32. The van der Waals surface area contributed by atoms with Gasteiger partial charge in [0.05, 0.1) is 36.2 Å². The molecular formula is C34H33N9S2. The highest BCUT2D eigenvalue weighted by atomic mass is 32.2. The number of nitrogens with zero attached hydrogens (tertiary/aromatic N) is 9. The zero-order chi connectivity index (χ0) is 31.2. The summed E-state index contributed by atoms with van der Waals surface area (Å²) in [6, 6.07) is 26.8. The molecule has 0 bridgehead atoms. The van der Waals surface area contributed by atoms with Crippen LogP contribution in [0.15, 0.2) is 113 Å². The van der Waals surface area contributed by atoms with Gasteiger partial charge in [-0.3, -0.25) is 9.67 Å². The van der Waals surface area contributed by atoms with Crippen molar-refractivity contribution in [2.75, 3.05) is 36.4 Å². The van der Waals surface area contributed by atoms with E-state index in [2.05, 4.69) is 100 Å². The number of hydrogen-bond acceptors (Lipinski definition) is 10. The van der Waals surface area contributed by atoms with Crippen LogP contribution in [0.3, 0.4) is 0 Å². The summed E-state index contributed by atoms with van der Waals surface area (Å²) in [6.07, 6.45) is 11.4. The van der Waals surface area contributed by atoms with E-state index in [9.17, 15) is 0 Å². The zero-order valence-corrected chi connectivity index (χ0v) is 27.2. The molecule has 0 radical (unpaired) electrons. The molecule has 9 nitrogen and oxygen atoms in total. The van der Waals surface area contributed by atoms with Gasteiger partial charge in [0.15, 0.2) is 10.3 Å². The van der Waals surface area contributed by atoms with Crippen molar-refractivity contribution in [1.82, 2.24) is 29.7 Å². The summed E-state index contributed by atoms with van der Waals surface area (Å²) in [5.74, 6) is 1.76. The van der Waals surface area contributed by atoms with Crippen LogP contribution in [0, 0.1) is 0 Å². The molecule has 4 heterocycles. The maximum Gasteiger partial charge on any atom is 0.189 e. The summed E-state index contributed by atoms with van der Waals surface area (Å²) < 4.78 is 2.04. The van der Waals surface area contributed by atoms with Crippen LogP contribution in [0.4, 0.5) is 23.0 Å². The lowest BCUT2D eigenvalue weighted by molar-refractivity contribution is 0.712. The third kappa shape index (κ3) is 6.69. The summed E-state index contributed by atoms with van der Waals surface area (Å²) in [6.45, 7) is 1.53. The molecule has 7 rings (SSSR count). The minimum Gasteiger partial charge on any atom is -0.329 e. The molecule has 0 saturated heterocycles. The van der Waals surface area contributed by atoms with E-state index in [-0.39, 0.29) is 0 Å². The maximum absolute atomic E-state index is 4.61. The first-order valence-corrected chi connectivity index (χ1v) is 16.8. The molecule has 0 amide bonds. The van der Waals surface area contributed by atoms with E-state index in [1.807, 2.05) is 61.9 Å². The Hall–Kier alpha value is -4.74. The molecule has 226 valence electrons. The van der Waals surface area contributed by atoms with E-state index in [1.165, 1.54) is 28.5 Å². The molecule has 0 saturated carbocycles. The molecule has 0 spiro atoms. The maximum atomic E-state index is 4.61. The van der Waals surface area contributed by atoms with Crippen molar-refractivity contribution in [1.29, 1.82) is 0 Å². The number of anilines is 4. The first-order chi connectivity index (χ1) is 22.1. The minimum atomic E-state index is 0.752. The van der Waals surface area contributed by atoms with E-state index in [0.717, 1.165) is 57.3 Å². The summed E-state index contributed by atoms with van der Waals surface area (Å²) in [7, 11) is 4.05. The number of aromatic nitrogens is 6. The van der Waals surface area contributed by atoms with Crippen LogP contribution in [0.5, 0.6) is 0 Å². The van der Waals surface area contributed by atoms with Crippen LogP contribution in [0.25, 0.3) is 10.9 Å². The van der Waals surface area contributed by atoms with Crippen molar-refractivity contribution in [3.05, 3.63) is 114 Å². The lowest BCUT2D eigenvalue weighted by Crippen LogP contribution is -2.14. The van der Waals surface area contributed by atoms with Crippen LogP contribution in [-0.4, -0.2) is 62.5 Å². The fraction of sp³-hybridized carbons (Fsp3) is 0.176. The normalized spacial score (nSPS) is 11.6. The van der Waals surface area contributed by atoms with Crippen molar-refractivity contribution in [3.63, 3.8) is 0 Å². The highest BCUT2D eigenvalue weighted by Gasteiger charge is 2.16. The second-order valence-corrected chi connectivity index (χ2v) is 11.8. The standard InChI is InChI=1S/C20H19N5S.C14H14N4S/c1-24(19-11-12-21-20(23-19)26-2)17-9-6-10-18-16(17)13-22-25(18)14-15-7-4-3-5-8-15;1-18(13-6-7-16-14(17-13)19-2)12-5-3-4-10-8-15-9-11(10)12/h3-13H,14H2,1-2H3;3-7,9H,8H2,1-2H3. The number of hydrogen-bond donors (Lipinski definition) is 0. The average molecular weight is 632 g/mol. The number of benzene rings is 3. The Bertz CT molecular complexity index is 1940. The fourth-order valence-corrected chi connectivity index (χ4v) is 5.86. The number of rotatable bonds is 8. The van der Waals surface area contributed by atoms with Gasteiger partial charge < -0.3 is 9.80 Å². The smallest absolute Gasteiger partial charge is 0.189 e. The van der Waals surface area contributed by atoms with Gasteiger partial charge in [0.25, 0.3) is 0 Å². The molecule has 3 aromatic heterocycles. The molecule has 0 aliphatic carbocycles. The highest BCUT2D eigenvalue weighted by molar-refractivity contribution is 7.98. The molecule has 0 atom stereocenters. The van der Waals surface area contributed by atoms with Gasteiger partial charge in [-0.2, -0.15) is 5.10 Å². The Morgan fingerprint density at radius 1 is 0.733 bits per heavy atom. The number of fused-ring (bicyclic) bond motifs is 2. The molecule has 1 aliphatic heterocycles. The molecule has 1 aliphatic rings. The quantitative estimate of drug-likeness (QED) is 0.127. The first kappa shape index (κ1) is 30.3. The molecule has 45 heavy (non-hydrogen) atoms. The Balaban J connectivity index is 0.000000167. The van der Waals surface area contributed by atoms with Crippen LogP contribution in [-0.2, 0) is 13.1 Å². The van der Waals surface area contributed by atoms with Crippen molar-refractivity contribution in [2.45, 2.75) is 23.4 Å². The van der Waals surface area contributed by atoms with Crippen molar-refractivity contribution in [3.8, 4) is 0 Å². The second kappa shape index (κ2) is 13.9. The first-order valence-electron chi connectivity index (χ1n) is 14.4. The van der Waals surface area contributed by atoms with E-state index in [4.69, 9.17) is 0 Å². The second-order valence-electron chi connectivity index (χ2n) is 10.2. The SMILES string of the molecule is CSc1nccc(N(C)c2cccc3c2C=NC3)n1.CSc1nccc(N(C)c2cccc3c2cnn3Cc2ccccc2)n1. The van der Waals surface area contributed by atoms with Crippen molar-refractivity contribution >= 4 is 63.7 Å². The van der Waals surface area contributed by atoms with Gasteiger partial charge >= 0.3 is 0 Å². The van der Waals surface area contributed by atoms with Gasteiger partial charge in [-0.05, 0) is 54.0 Å². The zero-order valence-electron chi connectivity index (χ0n) is 25.6. The summed E-state index contributed by atoms with van der Waals surface area (Å²) in [5, 5.41) is 7.27. The van der Waals surface area contributed by atoms with Gasteiger partial charge in [-0.1, -0.05) is 72.1 Å². The molecule has 0 N–H and O–H groups in total. The Morgan fingerprint density at radius 3 is 2.07 bits per heavy atom. The van der Waals surface area contributed by atoms with E-state index < -0.39 is 0 Å². The van der Waals surface area contributed by atoms with Crippen LogP contribution >= 0.6 is 23.5 Å². The molecular weight excluding hydrogens is 599 g/mol. The third-order valence-electron chi connectivity index (χ3n) is 7.51. The average Bonchev–Trinajstić information content (AvgIpc) is 3.76. The Morgan fingerprint density at radius 2 is 1.38 bits per heavy atom. The van der Waals surface area contributed by atoms with Crippen LogP contribution in [0.1, 0.15) is 16.7 Å². The summed E-state index contributed by atoms with van der Waals surface area (Å²) in [4.78, 5) is 26.1. The van der Waals surface area contributed by atoms with E-state index in [0.29, 0.717) is 0 Å². The summed E-state index contributed by atoms with van der Waals surface area (Å²) >= 11 is 3.08. The largest absolute Gasteiger partial charge is 0.329 e. The van der Waals surface area contributed by atoms with Gasteiger partial charge in [-0.15, -0.1) is 0 Å². The van der Waals surface area contributed by atoms with Crippen LogP contribution < -0.4 is 9.80 Å². The van der Waals surface area contributed by atoms with Gasteiger partial charge in [-0.25, -0.2) is 19.9 Å². The van der Waals surface area contributed by atoms with Gasteiger partial charge in [0.2, 0.25) is 0 Å². The van der Waals surface area contributed by atoms with Crippen molar-refractivity contribution < 1.29 is 0 Å². The topological polar surface area (TPSA) is 88.2 Å². The molecule has 0 fully saturated rings. The number of aliphatic imine (C=N–C) groups is 1. The van der Waals surface area contributed by atoms with Gasteiger partial charge in [0.1, 0.15) is 11.6 Å². The van der Waals surface area contributed by atoms with Crippen LogP contribution in [0.2, 0.25) is 0 Å². The molecule has 3 aromatic carbocycles. The molecule has 6 aromatic rings. The predicted molar refractivity (Wildman–Crippen MR) is 187 cm³/mol. The Kier molecular flexibility index (Phi) is 9.37. The van der Waals surface area contributed by atoms with Crippen molar-refractivity contribution in [2.24, 2.45) is 4.99 Å². The molecule has 0 unspecified atom stereocenters. The number of thioether (sulfide) groups is 2. The minimum absolute atomic E-state index is 0.752. The monoisotopic (exact) mass is 631 g/mol. The Labute approximate surface area is 271 Å². The van der Waals surface area contributed by atoms with Gasteiger partial charge in [0, 0.05) is 43.7 Å².